The maximum Gasteiger partial charge on any atom is 0.222 e. The first-order valence-corrected chi connectivity index (χ1v) is 5.46. The molecule has 3 heteroatoms. The summed E-state index contributed by atoms with van der Waals surface area (Å²) in [5.74, 6) is 0.548. The second kappa shape index (κ2) is 3.23. The highest BCUT2D eigenvalue weighted by atomic mass is 16.3. The number of hydrogen-bond donors (Lipinski definition) is 1. The van der Waals surface area contributed by atoms with Crippen LogP contribution in [-0.2, 0) is 4.79 Å². The topological polar surface area (TPSA) is 40.5 Å². The highest BCUT2D eigenvalue weighted by Crippen LogP contribution is 2.43. The predicted molar refractivity (Wildman–Crippen MR) is 53.7 cm³/mol. The van der Waals surface area contributed by atoms with E-state index in [1.807, 2.05) is 4.90 Å². The van der Waals surface area contributed by atoms with Gasteiger partial charge in [0, 0.05) is 31.5 Å². The number of nitrogens with zero attached hydrogens (tertiary/aromatic N) is 1. The van der Waals surface area contributed by atoms with E-state index in [-0.39, 0.29) is 23.8 Å². The second-order valence-electron chi connectivity index (χ2n) is 5.22. The maximum atomic E-state index is 11.5. The first-order valence-electron chi connectivity index (χ1n) is 5.46. The summed E-state index contributed by atoms with van der Waals surface area (Å²) in [5, 5.41) is 9.42. The Balaban J connectivity index is 2.21. The molecule has 80 valence electrons. The zero-order chi connectivity index (χ0) is 10.3. The third kappa shape index (κ3) is 1.34. The predicted octanol–water partition coefficient (Wildman–Crippen LogP) is 1.02. The Morgan fingerprint density at radius 1 is 1.57 bits per heavy atom. The lowest BCUT2D eigenvalue weighted by atomic mass is 9.70. The molecule has 2 heterocycles. The summed E-state index contributed by atoms with van der Waals surface area (Å²) in [6.45, 7) is 5.50. The van der Waals surface area contributed by atoms with Crippen molar-refractivity contribution < 1.29 is 9.90 Å². The third-order valence-electron chi connectivity index (χ3n) is 4.04. The molecule has 0 aliphatic carbocycles. The van der Waals surface area contributed by atoms with Gasteiger partial charge in [0.05, 0.1) is 0 Å². The number of carbonyl (C=O) groups is 1. The Morgan fingerprint density at radius 3 is 2.93 bits per heavy atom. The Hall–Kier alpha value is -0.570. The lowest BCUT2D eigenvalue weighted by molar-refractivity contribution is -0.133. The lowest BCUT2D eigenvalue weighted by Gasteiger charge is -2.46. The van der Waals surface area contributed by atoms with Crippen molar-refractivity contribution >= 4 is 5.91 Å². The number of carbonyl (C=O) groups excluding carboxylic acids is 1. The van der Waals surface area contributed by atoms with Crippen LogP contribution in [0.3, 0.4) is 0 Å². The SMILES string of the molecule is CC1(C)CCN2C(=O)CC[C@H]2[C@@H]1CO. The quantitative estimate of drug-likeness (QED) is 0.681. The Bertz CT molecular complexity index is 250. The van der Waals surface area contributed by atoms with Gasteiger partial charge >= 0.3 is 0 Å². The Kier molecular flexibility index (Phi) is 2.30. The molecule has 0 radical (unpaired) electrons. The van der Waals surface area contributed by atoms with Crippen LogP contribution in [0.5, 0.6) is 0 Å². The van der Waals surface area contributed by atoms with Crippen LogP contribution in [0.15, 0.2) is 0 Å². The number of aliphatic hydroxyl groups is 1. The number of rotatable bonds is 1. The molecule has 0 unspecified atom stereocenters. The smallest absolute Gasteiger partial charge is 0.222 e. The number of hydrogen-bond acceptors (Lipinski definition) is 2. The molecular weight excluding hydrogens is 178 g/mol. The lowest BCUT2D eigenvalue weighted by Crippen LogP contribution is -2.51. The van der Waals surface area contributed by atoms with Gasteiger partial charge < -0.3 is 10.0 Å². The standard InChI is InChI=1S/C11H19NO2/c1-11(2)5-6-12-9(8(11)7-13)3-4-10(12)14/h8-9,13H,3-7H2,1-2H3/t8-,9-/m0/s1. The summed E-state index contributed by atoms with van der Waals surface area (Å²) in [6, 6.07) is 0.302. The van der Waals surface area contributed by atoms with Gasteiger partial charge in [-0.2, -0.15) is 0 Å². The van der Waals surface area contributed by atoms with Crippen molar-refractivity contribution in [3.8, 4) is 0 Å². The molecule has 1 N–H and O–H groups in total. The minimum absolute atomic E-state index is 0.181. The van der Waals surface area contributed by atoms with Crippen LogP contribution in [0.25, 0.3) is 0 Å². The zero-order valence-corrected chi connectivity index (χ0v) is 8.99. The van der Waals surface area contributed by atoms with Crippen LogP contribution in [0.4, 0.5) is 0 Å². The molecule has 0 bridgehead atoms. The normalized spacial score (nSPS) is 35.9. The molecule has 1 amide bonds. The Morgan fingerprint density at radius 2 is 2.29 bits per heavy atom. The van der Waals surface area contributed by atoms with E-state index >= 15 is 0 Å². The molecule has 0 spiro atoms. The highest BCUT2D eigenvalue weighted by molar-refractivity contribution is 5.79. The molecule has 0 saturated carbocycles. The van der Waals surface area contributed by atoms with E-state index in [2.05, 4.69) is 13.8 Å². The molecule has 0 aromatic carbocycles. The van der Waals surface area contributed by atoms with Crippen molar-refractivity contribution in [1.82, 2.24) is 4.90 Å². The molecule has 0 aromatic heterocycles. The average molecular weight is 197 g/mol. The largest absolute Gasteiger partial charge is 0.396 e. The third-order valence-corrected chi connectivity index (χ3v) is 4.04. The number of fused-ring (bicyclic) bond motifs is 1. The van der Waals surface area contributed by atoms with Gasteiger partial charge in [0.1, 0.15) is 0 Å². The minimum atomic E-state index is 0.181. The summed E-state index contributed by atoms with van der Waals surface area (Å²) in [6.07, 6.45) is 2.63. The van der Waals surface area contributed by atoms with Gasteiger partial charge in [0.15, 0.2) is 0 Å². The van der Waals surface area contributed by atoms with Crippen molar-refractivity contribution in [2.75, 3.05) is 13.2 Å². The highest BCUT2D eigenvalue weighted by Gasteiger charge is 2.46. The summed E-state index contributed by atoms with van der Waals surface area (Å²) in [7, 11) is 0. The van der Waals surface area contributed by atoms with Crippen molar-refractivity contribution in [3.05, 3.63) is 0 Å². The van der Waals surface area contributed by atoms with Crippen LogP contribution in [0.2, 0.25) is 0 Å². The molecule has 2 fully saturated rings. The molecule has 2 rings (SSSR count). The molecule has 2 atom stereocenters. The van der Waals surface area contributed by atoms with Gasteiger partial charge in [-0.3, -0.25) is 4.79 Å². The molecule has 2 aliphatic heterocycles. The summed E-state index contributed by atoms with van der Waals surface area (Å²) >= 11 is 0. The second-order valence-corrected chi connectivity index (χ2v) is 5.22. The summed E-state index contributed by atoms with van der Waals surface area (Å²) in [5.41, 5.74) is 0.181. The average Bonchev–Trinajstić information content (AvgIpc) is 2.46. The molecule has 0 aromatic rings. The number of amides is 1. The van der Waals surface area contributed by atoms with E-state index in [9.17, 15) is 9.90 Å². The van der Waals surface area contributed by atoms with Gasteiger partial charge in [-0.05, 0) is 18.3 Å². The van der Waals surface area contributed by atoms with E-state index in [1.165, 1.54) is 0 Å². The zero-order valence-electron chi connectivity index (χ0n) is 8.99. The monoisotopic (exact) mass is 197 g/mol. The van der Waals surface area contributed by atoms with Crippen molar-refractivity contribution in [1.29, 1.82) is 0 Å². The van der Waals surface area contributed by atoms with Crippen LogP contribution < -0.4 is 0 Å². The van der Waals surface area contributed by atoms with E-state index in [0.717, 1.165) is 19.4 Å². The fraction of sp³-hybridized carbons (Fsp3) is 0.909. The van der Waals surface area contributed by atoms with Crippen molar-refractivity contribution in [2.45, 2.75) is 39.2 Å². The van der Waals surface area contributed by atoms with Crippen LogP contribution in [0, 0.1) is 11.3 Å². The fourth-order valence-electron chi connectivity index (χ4n) is 2.95. The van der Waals surface area contributed by atoms with Gasteiger partial charge in [-0.25, -0.2) is 0 Å². The first kappa shape index (κ1) is 9.97. The van der Waals surface area contributed by atoms with Gasteiger partial charge in [0.25, 0.3) is 0 Å². The van der Waals surface area contributed by atoms with E-state index < -0.39 is 0 Å². The first-order chi connectivity index (χ1) is 6.56. The Labute approximate surface area is 85.1 Å². The van der Waals surface area contributed by atoms with Crippen molar-refractivity contribution in [2.24, 2.45) is 11.3 Å². The number of aliphatic hydroxyl groups excluding tert-OH is 1. The molecule has 2 saturated heterocycles. The van der Waals surface area contributed by atoms with E-state index in [0.29, 0.717) is 12.5 Å². The molecule has 2 aliphatic rings. The van der Waals surface area contributed by atoms with Crippen molar-refractivity contribution in [3.63, 3.8) is 0 Å². The summed E-state index contributed by atoms with van der Waals surface area (Å²) < 4.78 is 0. The van der Waals surface area contributed by atoms with Gasteiger partial charge in [0.2, 0.25) is 5.91 Å². The molecule has 3 nitrogen and oxygen atoms in total. The minimum Gasteiger partial charge on any atom is -0.396 e. The van der Waals surface area contributed by atoms with Gasteiger partial charge in [-0.15, -0.1) is 0 Å². The molecular formula is C11H19NO2. The molecule has 14 heavy (non-hydrogen) atoms. The summed E-state index contributed by atoms with van der Waals surface area (Å²) in [4.78, 5) is 13.5. The number of piperidine rings is 1. The van der Waals surface area contributed by atoms with Crippen LogP contribution >= 0.6 is 0 Å². The maximum absolute atomic E-state index is 11.5. The van der Waals surface area contributed by atoms with Gasteiger partial charge in [-0.1, -0.05) is 13.8 Å². The van der Waals surface area contributed by atoms with E-state index in [4.69, 9.17) is 0 Å². The van der Waals surface area contributed by atoms with Crippen LogP contribution in [-0.4, -0.2) is 35.1 Å². The van der Waals surface area contributed by atoms with E-state index in [1.54, 1.807) is 0 Å². The van der Waals surface area contributed by atoms with Crippen LogP contribution in [0.1, 0.15) is 33.1 Å². The fourth-order valence-corrected chi connectivity index (χ4v) is 2.95.